The van der Waals surface area contributed by atoms with Crippen molar-refractivity contribution in [3.8, 4) is 67.5 Å². The molecule has 8 aromatic rings. The van der Waals surface area contributed by atoms with Gasteiger partial charge < -0.3 is 5.11 Å². The molecule has 4 heteroatoms. The molecule has 0 amide bonds. The van der Waals surface area contributed by atoms with E-state index >= 15 is 0 Å². The van der Waals surface area contributed by atoms with Gasteiger partial charge in [-0.3, -0.25) is 9.55 Å². The Bertz CT molecular complexity index is 3980. The van der Waals surface area contributed by atoms with E-state index in [-0.39, 0.29) is 45.2 Å². The minimum absolute atomic E-state index is 0.0191. The molecular weight excluding hydrogens is 755 g/mol. The number of nitrogens with zero attached hydrogens (tertiary/aromatic N) is 3. The second kappa shape index (κ2) is 15.6. The maximum absolute atomic E-state index is 13.0. The van der Waals surface area contributed by atoms with E-state index in [1.165, 1.54) is 10.6 Å². The maximum atomic E-state index is 13.0. The molecule has 0 unspecified atom stereocenters. The summed E-state index contributed by atoms with van der Waals surface area (Å²) in [5.41, 5.74) is -11.1. The molecule has 0 saturated heterocycles. The van der Waals surface area contributed by atoms with Crippen LogP contribution in [0.1, 0.15) is 141 Å². The van der Waals surface area contributed by atoms with Crippen LogP contribution in [0.4, 0.5) is 0 Å². The van der Waals surface area contributed by atoms with E-state index in [0.29, 0.717) is 17.2 Å². The highest BCUT2D eigenvalue weighted by Crippen LogP contribution is 2.46. The number of aromatic nitrogens is 3. The lowest BCUT2D eigenvalue weighted by Crippen LogP contribution is -2.17. The SMILES string of the molecule is [2H]c1nc(-c2cc(-c3cccc4c3nc(-c3cc(C(C([2H])([2H])[2H])(C([2H])([2H])[2H])C([2H])([2H])[2H])cc(C(C([2H])([2H])[2H])(C([2H])([2H])[2H])C([2H])([2H])[2H])c3O)n4-c3ccc(-c4ccccc4)c(C(C)(C)C)c3)cc(C(C)(C)C)c2)c([2H])c(-c2c([2H])c([2H])c([2H])c([2H])c2[2H])c1[2H]. The van der Waals surface area contributed by atoms with Crippen LogP contribution in [-0.4, -0.2) is 19.6 Å². The number of phenolic OH excluding ortho intramolecular Hbond substituents is 1. The normalized spacial score (nSPS) is 19.9. The summed E-state index contributed by atoms with van der Waals surface area (Å²) in [7, 11) is 0. The van der Waals surface area contributed by atoms with E-state index in [2.05, 4.69) is 4.98 Å². The first-order valence-electron chi connectivity index (χ1n) is 32.8. The number of para-hydroxylation sites is 1. The fraction of sp³-hybridized carbons (Fsp3) is 0.276. The van der Waals surface area contributed by atoms with Gasteiger partial charge in [-0.1, -0.05) is 174 Å². The molecule has 1 N–H and O–H groups in total. The van der Waals surface area contributed by atoms with Crippen LogP contribution in [0.5, 0.6) is 5.75 Å². The second-order valence-corrected chi connectivity index (χ2v) is 17.5. The van der Waals surface area contributed by atoms with Crippen LogP contribution in [0, 0.1) is 0 Å². The summed E-state index contributed by atoms with van der Waals surface area (Å²) in [4.78, 5) is 9.43. The lowest BCUT2D eigenvalue weighted by molar-refractivity contribution is 0.446. The third-order valence-corrected chi connectivity index (χ3v) is 10.8. The van der Waals surface area contributed by atoms with Gasteiger partial charge in [0.25, 0.3) is 0 Å². The highest BCUT2D eigenvalue weighted by molar-refractivity contribution is 5.97. The van der Waals surface area contributed by atoms with Gasteiger partial charge in [-0.25, -0.2) is 4.98 Å². The molecule has 8 rings (SSSR count). The van der Waals surface area contributed by atoms with Crippen molar-refractivity contribution in [2.45, 2.75) is 104 Å². The first kappa shape index (κ1) is 21.2. The van der Waals surface area contributed by atoms with Crippen LogP contribution in [0.3, 0.4) is 0 Å². The number of fused-ring (bicyclic) bond motifs is 1. The van der Waals surface area contributed by atoms with Crippen molar-refractivity contribution in [2.24, 2.45) is 0 Å². The monoisotopic (exact) mass is 842 g/mol. The number of hydrogen-bond acceptors (Lipinski definition) is 3. The molecule has 0 bridgehead atoms. The number of pyridine rings is 1. The van der Waals surface area contributed by atoms with Gasteiger partial charge in [0.15, 0.2) is 0 Å². The summed E-state index contributed by atoms with van der Waals surface area (Å²) in [5.74, 6) is -2.00. The second-order valence-electron chi connectivity index (χ2n) is 17.5. The van der Waals surface area contributed by atoms with E-state index in [9.17, 15) is 6.48 Å². The molecule has 6 aromatic carbocycles. The third kappa shape index (κ3) is 8.23. The van der Waals surface area contributed by atoms with Crippen molar-refractivity contribution in [3.63, 3.8) is 0 Å². The predicted octanol–water partition coefficient (Wildman–Crippen LogP) is 15.7. The highest BCUT2D eigenvalue weighted by atomic mass is 16.3. The highest BCUT2D eigenvalue weighted by Gasteiger charge is 2.30. The lowest BCUT2D eigenvalue weighted by Gasteiger charge is -2.28. The molecular formula is C58H61N3O. The van der Waals surface area contributed by atoms with Crippen LogP contribution in [0.2, 0.25) is 0 Å². The molecule has 0 aliphatic carbocycles. The molecule has 4 nitrogen and oxygen atoms in total. The summed E-state index contributed by atoms with van der Waals surface area (Å²) >= 11 is 0. The average molecular weight is 842 g/mol. The molecule has 0 spiro atoms. The Labute approximate surface area is 405 Å². The quantitative estimate of drug-likeness (QED) is 0.181. The molecule has 62 heavy (non-hydrogen) atoms. The zero-order chi connectivity index (χ0) is 66.3. The van der Waals surface area contributed by atoms with Gasteiger partial charge in [-0.15, -0.1) is 0 Å². The molecule has 0 aliphatic rings. The van der Waals surface area contributed by atoms with E-state index in [0.717, 1.165) is 11.1 Å². The van der Waals surface area contributed by atoms with Gasteiger partial charge in [0.2, 0.25) is 0 Å². The van der Waals surface area contributed by atoms with E-state index in [1.54, 1.807) is 48.5 Å². The van der Waals surface area contributed by atoms with Crippen molar-refractivity contribution in [2.75, 3.05) is 0 Å². The van der Waals surface area contributed by atoms with Crippen LogP contribution >= 0.6 is 0 Å². The molecule has 0 fully saturated rings. The van der Waals surface area contributed by atoms with Crippen LogP contribution in [0.15, 0.2) is 146 Å². The van der Waals surface area contributed by atoms with Gasteiger partial charge in [-0.2, -0.15) is 0 Å². The average Bonchev–Trinajstić information content (AvgIpc) is 0.787. The van der Waals surface area contributed by atoms with Crippen LogP contribution in [-0.2, 0) is 21.7 Å². The Morgan fingerprint density at radius 2 is 1.26 bits per heavy atom. The van der Waals surface area contributed by atoms with Crippen molar-refractivity contribution in [3.05, 3.63) is 168 Å². The van der Waals surface area contributed by atoms with Crippen LogP contribution < -0.4 is 0 Å². The first-order chi connectivity index (χ1) is 40.0. The molecule has 314 valence electrons. The Morgan fingerprint density at radius 3 is 1.95 bits per heavy atom. The fourth-order valence-corrected chi connectivity index (χ4v) is 7.55. The largest absolute Gasteiger partial charge is 0.507 e. The Balaban J connectivity index is 1.62. The number of phenols is 1. The Hall–Kier alpha value is -6.26. The van der Waals surface area contributed by atoms with Gasteiger partial charge in [0.1, 0.15) is 11.6 Å². The van der Waals surface area contributed by atoms with E-state index < -0.39 is 151 Å². The summed E-state index contributed by atoms with van der Waals surface area (Å²) in [6.45, 7) is -13.7. The summed E-state index contributed by atoms with van der Waals surface area (Å²) in [6, 6.07) is 19.9. The number of aromatic hydroxyl groups is 1. The summed E-state index contributed by atoms with van der Waals surface area (Å²) in [5, 5.41) is 13.0. The Kier molecular flexibility index (Phi) is 5.33. The summed E-state index contributed by atoms with van der Waals surface area (Å²) < 4.78 is 229. The summed E-state index contributed by atoms with van der Waals surface area (Å²) in [6.07, 6.45) is -0.714. The van der Waals surface area contributed by atoms with Crippen molar-refractivity contribution >= 4 is 11.0 Å². The molecule has 0 saturated carbocycles. The fourth-order valence-electron chi connectivity index (χ4n) is 7.55. The number of hydrogen-bond donors (Lipinski definition) is 1. The molecule has 2 aromatic heterocycles. The van der Waals surface area contributed by atoms with Crippen molar-refractivity contribution in [1.29, 1.82) is 0 Å². The van der Waals surface area contributed by atoms with Gasteiger partial charge in [0.05, 0.1) is 33.3 Å². The number of benzene rings is 6. The maximum Gasteiger partial charge on any atom is 0.149 e. The Morgan fingerprint density at radius 1 is 0.548 bits per heavy atom. The van der Waals surface area contributed by atoms with Crippen molar-refractivity contribution in [1.82, 2.24) is 14.5 Å². The zero-order valence-electron chi connectivity index (χ0n) is 61.0. The lowest BCUT2D eigenvalue weighted by atomic mass is 9.78. The van der Waals surface area contributed by atoms with E-state index in [1.807, 2.05) is 71.9 Å². The van der Waals surface area contributed by atoms with Gasteiger partial charge in [-0.05, 0) is 115 Å². The first-order valence-corrected chi connectivity index (χ1v) is 19.8. The zero-order valence-corrected chi connectivity index (χ0v) is 35.0. The standard InChI is InChI=1S/C58H61N3O/c1-55(2,3)42-31-40(30-41(32-42)50-33-39(28-29-59-50)37-20-15-13-16-21-37)46-24-19-25-51-52(46)60-54(47-34-43(56(4,5)6)35-49(53(47)62)58(10,11)12)61(51)44-26-27-45(38-22-17-14-18-23-38)48(36-44)57(7,8)9/h13-36,62H,1-12H3/i4D3,5D3,6D3,10D3,11D3,12D3,13D,15D,16D,20D,21D,28D,29D,33D. The molecule has 0 radical (unpaired) electrons. The number of imidazole rings is 1. The smallest absolute Gasteiger partial charge is 0.149 e. The van der Waals surface area contributed by atoms with E-state index in [4.69, 9.17) is 39.3 Å². The molecule has 0 aliphatic heterocycles. The van der Waals surface area contributed by atoms with Gasteiger partial charge >= 0.3 is 0 Å². The van der Waals surface area contributed by atoms with Crippen LogP contribution in [0.25, 0.3) is 72.7 Å². The third-order valence-electron chi connectivity index (χ3n) is 10.8. The van der Waals surface area contributed by atoms with Crippen molar-refractivity contribution < 1.29 is 40.7 Å². The molecule has 0 atom stereocenters. The van der Waals surface area contributed by atoms with Gasteiger partial charge in [0, 0.05) is 53.2 Å². The number of rotatable bonds is 6. The topological polar surface area (TPSA) is 50.9 Å². The predicted molar refractivity (Wildman–Crippen MR) is 263 cm³/mol. The minimum atomic E-state index is -4.22. The molecule has 2 heterocycles. The minimum Gasteiger partial charge on any atom is -0.507 e.